The molecule has 1 aromatic heterocycles. The average Bonchev–Trinajstić information content (AvgIpc) is 2.71. The molecule has 9 heteroatoms. The van der Waals surface area contributed by atoms with Crippen LogP contribution in [0.15, 0.2) is 23.3 Å². The molecule has 0 spiro atoms. The van der Waals surface area contributed by atoms with Crippen molar-refractivity contribution in [3.8, 4) is 11.5 Å². The van der Waals surface area contributed by atoms with Gasteiger partial charge >= 0.3 is 0 Å². The van der Waals surface area contributed by atoms with E-state index in [1.807, 2.05) is 0 Å². The molecule has 1 heterocycles. The number of hydrogen-bond acceptors (Lipinski definition) is 7. The van der Waals surface area contributed by atoms with Crippen LogP contribution in [0, 0.1) is 6.92 Å². The van der Waals surface area contributed by atoms with Crippen LogP contribution in [0.5, 0.6) is 11.5 Å². The molecule has 4 N–H and O–H groups in total. The van der Waals surface area contributed by atoms with Crippen molar-refractivity contribution in [3.63, 3.8) is 0 Å². The third kappa shape index (κ3) is 3.29. The maximum Gasteiger partial charge on any atom is 0.263 e. The summed E-state index contributed by atoms with van der Waals surface area (Å²) < 4.78 is 6.22. The van der Waals surface area contributed by atoms with E-state index in [-0.39, 0.29) is 18.2 Å². The van der Waals surface area contributed by atoms with Crippen molar-refractivity contribution in [3.05, 3.63) is 29.6 Å². The number of benzene rings is 1. The molecule has 0 saturated heterocycles. The lowest BCUT2D eigenvalue weighted by Gasteiger charge is -2.03. The topological polar surface area (TPSA) is 111 Å². The zero-order valence-electron chi connectivity index (χ0n) is 10.9. The highest BCUT2D eigenvalue weighted by molar-refractivity contribution is 5.85. The van der Waals surface area contributed by atoms with Crippen molar-refractivity contribution >= 4 is 24.6 Å². The second kappa shape index (κ2) is 6.62. The number of halogens is 1. The number of aromatic hydroxyl groups is 1. The van der Waals surface area contributed by atoms with Gasteiger partial charge in [0.25, 0.3) is 5.95 Å². The maximum absolute atomic E-state index is 9.60. The zero-order valence-corrected chi connectivity index (χ0v) is 11.8. The third-order valence-corrected chi connectivity index (χ3v) is 2.45. The molecular weight excluding hydrogens is 284 g/mol. The summed E-state index contributed by atoms with van der Waals surface area (Å²) in [5.74, 6) is 6.99. The second-order valence-electron chi connectivity index (χ2n) is 3.74. The lowest BCUT2D eigenvalue weighted by molar-refractivity contribution is 0.373. The number of aromatic nitrogens is 3. The molecule has 2 rings (SSSR count). The quantitative estimate of drug-likeness (QED) is 0.439. The van der Waals surface area contributed by atoms with Gasteiger partial charge in [-0.25, -0.2) is 10.1 Å². The summed E-state index contributed by atoms with van der Waals surface area (Å²) in [6.45, 7) is 1.73. The molecular formula is C11H15ClN6O2. The number of aryl methyl sites for hydroxylation is 1. The summed E-state index contributed by atoms with van der Waals surface area (Å²) in [4.78, 5) is 0. The highest BCUT2D eigenvalue weighted by Gasteiger charge is 2.03. The lowest BCUT2D eigenvalue weighted by atomic mass is 10.2. The van der Waals surface area contributed by atoms with Gasteiger partial charge in [0.15, 0.2) is 17.3 Å². The summed E-state index contributed by atoms with van der Waals surface area (Å²) in [5.41, 5.74) is 3.35. The molecule has 0 fully saturated rings. The Labute approximate surface area is 121 Å². The van der Waals surface area contributed by atoms with E-state index in [1.54, 1.807) is 19.1 Å². The van der Waals surface area contributed by atoms with E-state index < -0.39 is 0 Å². The Bertz CT molecular complexity index is 613. The van der Waals surface area contributed by atoms with Crippen LogP contribution in [0.1, 0.15) is 11.4 Å². The molecule has 1 aromatic carbocycles. The molecule has 0 aliphatic carbocycles. The van der Waals surface area contributed by atoms with Crippen molar-refractivity contribution in [2.45, 2.75) is 6.92 Å². The van der Waals surface area contributed by atoms with Gasteiger partial charge in [-0.3, -0.25) is 0 Å². The fourth-order valence-electron chi connectivity index (χ4n) is 1.40. The molecule has 0 bridgehead atoms. The summed E-state index contributed by atoms with van der Waals surface area (Å²) >= 11 is 0. The van der Waals surface area contributed by atoms with Crippen molar-refractivity contribution in [1.82, 2.24) is 14.9 Å². The van der Waals surface area contributed by atoms with E-state index in [0.717, 1.165) is 0 Å². The molecule has 0 aliphatic rings. The number of nitrogens with one attached hydrogen (secondary N) is 1. The predicted molar refractivity (Wildman–Crippen MR) is 78.0 cm³/mol. The molecule has 108 valence electrons. The van der Waals surface area contributed by atoms with Gasteiger partial charge in [0, 0.05) is 0 Å². The molecule has 8 nitrogen and oxygen atoms in total. The second-order valence-corrected chi connectivity index (χ2v) is 3.74. The smallest absolute Gasteiger partial charge is 0.263 e. The number of anilines is 1. The number of nitrogens with zero attached hydrogens (tertiary/aromatic N) is 4. The Morgan fingerprint density at radius 2 is 2.20 bits per heavy atom. The molecule has 0 atom stereocenters. The lowest BCUT2D eigenvalue weighted by Crippen LogP contribution is -2.13. The van der Waals surface area contributed by atoms with Crippen LogP contribution in [0.25, 0.3) is 0 Å². The van der Waals surface area contributed by atoms with E-state index in [2.05, 4.69) is 20.7 Å². The van der Waals surface area contributed by atoms with Gasteiger partial charge in [-0.05, 0) is 30.7 Å². The number of phenols is 1. The highest BCUT2D eigenvalue weighted by Crippen LogP contribution is 2.25. The first-order chi connectivity index (χ1) is 9.11. The first kappa shape index (κ1) is 15.6. The molecule has 0 radical (unpaired) electrons. The van der Waals surface area contributed by atoms with Gasteiger partial charge in [-0.1, -0.05) is 0 Å². The Morgan fingerprint density at radius 1 is 1.45 bits per heavy atom. The molecule has 0 aliphatic heterocycles. The van der Waals surface area contributed by atoms with E-state index >= 15 is 0 Å². The minimum atomic E-state index is 0. The molecule has 0 amide bonds. The van der Waals surface area contributed by atoms with Crippen molar-refractivity contribution in [2.75, 3.05) is 18.4 Å². The van der Waals surface area contributed by atoms with Gasteiger partial charge in [-0.2, -0.15) is 5.10 Å². The van der Waals surface area contributed by atoms with E-state index in [4.69, 9.17) is 10.6 Å². The van der Waals surface area contributed by atoms with Crippen LogP contribution >= 0.6 is 12.4 Å². The molecule has 0 saturated carbocycles. The minimum Gasteiger partial charge on any atom is -0.504 e. The Balaban J connectivity index is 0.00000200. The number of ether oxygens (including phenoxy) is 1. The van der Waals surface area contributed by atoms with Crippen LogP contribution in [0.2, 0.25) is 0 Å². The molecule has 20 heavy (non-hydrogen) atoms. The van der Waals surface area contributed by atoms with Crippen LogP contribution in [-0.4, -0.2) is 33.3 Å². The molecule has 0 unspecified atom stereocenters. The molecule has 2 aromatic rings. The first-order valence-electron chi connectivity index (χ1n) is 5.45. The number of nitrogens with two attached hydrogens (primary N) is 1. The van der Waals surface area contributed by atoms with Gasteiger partial charge in [0.05, 0.1) is 13.3 Å². The fourth-order valence-corrected chi connectivity index (χ4v) is 1.40. The van der Waals surface area contributed by atoms with Crippen molar-refractivity contribution < 1.29 is 9.84 Å². The van der Waals surface area contributed by atoms with E-state index in [0.29, 0.717) is 23.1 Å². The summed E-state index contributed by atoms with van der Waals surface area (Å²) in [5, 5.41) is 21.1. The van der Waals surface area contributed by atoms with Gasteiger partial charge in [-0.15, -0.1) is 22.6 Å². The Hall–Kier alpha value is -2.48. The average molecular weight is 299 g/mol. The van der Waals surface area contributed by atoms with Crippen LogP contribution < -0.4 is 16.0 Å². The van der Waals surface area contributed by atoms with E-state index in [1.165, 1.54) is 24.1 Å². The highest BCUT2D eigenvalue weighted by atomic mass is 35.5. The van der Waals surface area contributed by atoms with Crippen LogP contribution in [-0.2, 0) is 0 Å². The zero-order chi connectivity index (χ0) is 13.8. The predicted octanol–water partition coefficient (Wildman–Crippen LogP) is 0.882. The first-order valence-corrected chi connectivity index (χ1v) is 5.45. The Kier molecular flexibility index (Phi) is 5.15. The number of hydrogen-bond donors (Lipinski definition) is 3. The largest absolute Gasteiger partial charge is 0.504 e. The van der Waals surface area contributed by atoms with Gasteiger partial charge in [0.2, 0.25) is 0 Å². The van der Waals surface area contributed by atoms with Crippen LogP contribution in [0.3, 0.4) is 0 Å². The van der Waals surface area contributed by atoms with Crippen molar-refractivity contribution in [2.24, 2.45) is 5.10 Å². The van der Waals surface area contributed by atoms with Gasteiger partial charge in [0.1, 0.15) is 0 Å². The fraction of sp³-hybridized carbons (Fsp3) is 0.182. The van der Waals surface area contributed by atoms with E-state index in [9.17, 15) is 5.11 Å². The number of hydrazone groups is 1. The SMILES string of the molecule is COc1ccc(/C=N/Nc2nnc(C)n2N)cc1O.Cl. The summed E-state index contributed by atoms with van der Waals surface area (Å²) in [6, 6.07) is 4.93. The number of rotatable bonds is 4. The normalized spacial score (nSPS) is 10.3. The summed E-state index contributed by atoms with van der Waals surface area (Å²) in [7, 11) is 1.49. The number of phenolic OH excluding ortho intramolecular Hbond substituents is 1. The number of methoxy groups -OCH3 is 1. The van der Waals surface area contributed by atoms with Gasteiger partial charge < -0.3 is 15.7 Å². The maximum atomic E-state index is 9.60. The van der Waals surface area contributed by atoms with Crippen molar-refractivity contribution in [1.29, 1.82) is 0 Å². The minimum absolute atomic E-state index is 0. The van der Waals surface area contributed by atoms with Crippen LogP contribution in [0.4, 0.5) is 5.95 Å². The monoisotopic (exact) mass is 298 g/mol. The summed E-state index contributed by atoms with van der Waals surface area (Å²) in [6.07, 6.45) is 1.52. The third-order valence-electron chi connectivity index (χ3n) is 2.45. The Morgan fingerprint density at radius 3 is 2.75 bits per heavy atom. The number of nitrogen functional groups attached to an aromatic ring is 1. The standard InChI is InChI=1S/C11H14N6O2.ClH/c1-7-14-16-11(17(7)12)15-13-6-8-3-4-10(19-2)9(18)5-8;/h3-6,18H,12H2,1-2H3,(H,15,16);1H/b13-6+;.